The summed E-state index contributed by atoms with van der Waals surface area (Å²) in [4.78, 5) is 23.5. The minimum atomic E-state index is -0.837. The first kappa shape index (κ1) is 14.1. The van der Waals surface area contributed by atoms with Gasteiger partial charge in [-0.05, 0) is 31.2 Å². The van der Waals surface area contributed by atoms with Gasteiger partial charge in [0.05, 0.1) is 0 Å². The zero-order chi connectivity index (χ0) is 15.5. The van der Waals surface area contributed by atoms with Crippen LogP contribution in [0.5, 0.6) is 17.2 Å². The van der Waals surface area contributed by atoms with Crippen molar-refractivity contribution >= 4 is 11.8 Å². The van der Waals surface area contributed by atoms with Crippen molar-refractivity contribution in [3.63, 3.8) is 0 Å². The Morgan fingerprint density at radius 1 is 1.09 bits per heavy atom. The summed E-state index contributed by atoms with van der Waals surface area (Å²) in [6.07, 6.45) is -0.837. The third kappa shape index (κ3) is 2.93. The van der Waals surface area contributed by atoms with Crippen LogP contribution in [-0.4, -0.2) is 24.5 Å². The Labute approximate surface area is 127 Å². The van der Waals surface area contributed by atoms with Gasteiger partial charge in [-0.1, -0.05) is 24.3 Å². The molecule has 0 unspecified atom stereocenters. The predicted octanol–water partition coefficient (Wildman–Crippen LogP) is 2.63. The van der Waals surface area contributed by atoms with E-state index < -0.39 is 12.1 Å². The maximum Gasteiger partial charge on any atom is 0.356 e. The Bertz CT molecular complexity index is 722. The monoisotopic (exact) mass is 298 g/mol. The first-order chi connectivity index (χ1) is 10.6. The minimum absolute atomic E-state index is 0.0856. The molecule has 5 nitrogen and oxygen atoms in total. The molecule has 3 rings (SSSR count). The molecule has 0 N–H and O–H groups in total. The number of fused-ring (bicyclic) bond motifs is 1. The van der Waals surface area contributed by atoms with Gasteiger partial charge in [0.1, 0.15) is 12.4 Å². The van der Waals surface area contributed by atoms with E-state index in [9.17, 15) is 9.59 Å². The topological polar surface area (TPSA) is 61.8 Å². The van der Waals surface area contributed by atoms with Crippen LogP contribution in [0.3, 0.4) is 0 Å². The van der Waals surface area contributed by atoms with Crippen molar-refractivity contribution in [3.05, 3.63) is 54.1 Å². The number of esters is 1. The van der Waals surface area contributed by atoms with Crippen molar-refractivity contribution in [2.75, 3.05) is 6.61 Å². The molecular formula is C17H14O5. The lowest BCUT2D eigenvalue weighted by Crippen LogP contribution is -2.39. The molecule has 112 valence electrons. The second kappa shape index (κ2) is 5.89. The third-order valence-corrected chi connectivity index (χ3v) is 3.23. The molecule has 5 heteroatoms. The molecule has 22 heavy (non-hydrogen) atoms. The molecule has 0 amide bonds. The summed E-state index contributed by atoms with van der Waals surface area (Å²) < 4.78 is 16.3. The molecule has 1 aliphatic rings. The largest absolute Gasteiger partial charge is 0.485 e. The molecule has 0 bridgehead atoms. The Balaban J connectivity index is 1.71. The molecule has 0 saturated carbocycles. The molecule has 2 aromatic carbocycles. The van der Waals surface area contributed by atoms with Gasteiger partial charge >= 0.3 is 5.97 Å². The van der Waals surface area contributed by atoms with Crippen LogP contribution >= 0.6 is 0 Å². The van der Waals surface area contributed by atoms with E-state index in [1.54, 1.807) is 36.4 Å². The third-order valence-electron chi connectivity index (χ3n) is 3.23. The van der Waals surface area contributed by atoms with Gasteiger partial charge in [-0.15, -0.1) is 0 Å². The fourth-order valence-electron chi connectivity index (χ4n) is 2.10. The van der Waals surface area contributed by atoms with E-state index in [0.717, 1.165) is 0 Å². The van der Waals surface area contributed by atoms with Gasteiger partial charge in [-0.3, -0.25) is 4.79 Å². The van der Waals surface area contributed by atoms with Crippen LogP contribution in [0.1, 0.15) is 17.3 Å². The maximum atomic E-state index is 12.1. The number of carbonyl (C=O) groups excluding carboxylic acids is 2. The van der Waals surface area contributed by atoms with E-state index in [-0.39, 0.29) is 12.4 Å². The molecule has 1 aliphatic heterocycles. The van der Waals surface area contributed by atoms with Crippen LogP contribution in [0.4, 0.5) is 0 Å². The van der Waals surface area contributed by atoms with Crippen molar-refractivity contribution in [1.82, 2.24) is 0 Å². The van der Waals surface area contributed by atoms with E-state index in [1.165, 1.54) is 13.0 Å². The highest BCUT2D eigenvalue weighted by Crippen LogP contribution is 2.31. The number of Topliss-reactive ketones (excluding diaryl/α,β-unsaturated/α-hetero) is 1. The quantitative estimate of drug-likeness (QED) is 0.495. The van der Waals surface area contributed by atoms with Crippen molar-refractivity contribution in [2.45, 2.75) is 13.0 Å². The number of hydrogen-bond donors (Lipinski definition) is 0. The van der Waals surface area contributed by atoms with Crippen LogP contribution < -0.4 is 14.2 Å². The molecular weight excluding hydrogens is 284 g/mol. The molecule has 0 saturated heterocycles. The summed E-state index contributed by atoms with van der Waals surface area (Å²) in [6.45, 7) is 1.54. The smallest absolute Gasteiger partial charge is 0.356 e. The summed E-state index contributed by atoms with van der Waals surface area (Å²) in [5.74, 6) is 0.762. The normalized spacial score (nSPS) is 16.0. The van der Waals surface area contributed by atoms with Gasteiger partial charge in [0.2, 0.25) is 6.10 Å². The molecule has 2 aromatic rings. The summed E-state index contributed by atoms with van der Waals surface area (Å²) in [7, 11) is 0. The van der Waals surface area contributed by atoms with Crippen molar-refractivity contribution in [1.29, 1.82) is 0 Å². The van der Waals surface area contributed by atoms with Crippen LogP contribution in [-0.2, 0) is 4.79 Å². The second-order valence-electron chi connectivity index (χ2n) is 4.87. The molecule has 0 spiro atoms. The Morgan fingerprint density at radius 3 is 2.64 bits per heavy atom. The van der Waals surface area contributed by atoms with Gasteiger partial charge in [0, 0.05) is 5.56 Å². The lowest BCUT2D eigenvalue weighted by atomic mass is 10.1. The average Bonchev–Trinajstić information content (AvgIpc) is 2.54. The first-order valence-electron chi connectivity index (χ1n) is 6.84. The summed E-state index contributed by atoms with van der Waals surface area (Å²) in [6, 6.07) is 13.6. The number of rotatable bonds is 3. The van der Waals surface area contributed by atoms with Gasteiger partial charge in [-0.2, -0.15) is 0 Å². The molecule has 0 aromatic heterocycles. The van der Waals surface area contributed by atoms with Gasteiger partial charge < -0.3 is 14.2 Å². The zero-order valence-electron chi connectivity index (χ0n) is 11.9. The Hall–Kier alpha value is -2.82. The van der Waals surface area contributed by atoms with E-state index in [0.29, 0.717) is 22.8 Å². The lowest BCUT2D eigenvalue weighted by Gasteiger charge is -2.24. The Kier molecular flexibility index (Phi) is 3.78. The maximum absolute atomic E-state index is 12.1. The van der Waals surface area contributed by atoms with Crippen molar-refractivity contribution in [2.24, 2.45) is 0 Å². The second-order valence-corrected chi connectivity index (χ2v) is 4.87. The summed E-state index contributed by atoms with van der Waals surface area (Å²) in [5, 5.41) is 0. The van der Waals surface area contributed by atoms with E-state index in [2.05, 4.69) is 0 Å². The van der Waals surface area contributed by atoms with E-state index in [4.69, 9.17) is 14.2 Å². The first-order valence-corrected chi connectivity index (χ1v) is 6.84. The lowest BCUT2D eigenvalue weighted by molar-refractivity contribution is -0.144. The number of carbonyl (C=O) groups is 2. The van der Waals surface area contributed by atoms with Crippen LogP contribution in [0.15, 0.2) is 48.5 Å². The molecule has 1 atom stereocenters. The highest BCUT2D eigenvalue weighted by Gasteiger charge is 2.29. The molecule has 1 heterocycles. The number of para-hydroxylation sites is 2. The highest BCUT2D eigenvalue weighted by atomic mass is 16.6. The predicted molar refractivity (Wildman–Crippen MR) is 78.4 cm³/mol. The summed E-state index contributed by atoms with van der Waals surface area (Å²) in [5.41, 5.74) is 0.483. The minimum Gasteiger partial charge on any atom is -0.485 e. The van der Waals surface area contributed by atoms with Crippen molar-refractivity contribution in [3.8, 4) is 17.2 Å². The zero-order valence-corrected chi connectivity index (χ0v) is 11.9. The van der Waals surface area contributed by atoms with Gasteiger partial charge in [0.25, 0.3) is 0 Å². The molecule has 0 aliphatic carbocycles. The van der Waals surface area contributed by atoms with Crippen LogP contribution in [0.25, 0.3) is 0 Å². The summed E-state index contributed by atoms with van der Waals surface area (Å²) >= 11 is 0. The fraction of sp³-hybridized carbons (Fsp3) is 0.176. The fourth-order valence-corrected chi connectivity index (χ4v) is 2.10. The van der Waals surface area contributed by atoms with Crippen LogP contribution in [0, 0.1) is 0 Å². The highest BCUT2D eigenvalue weighted by molar-refractivity contribution is 5.94. The Morgan fingerprint density at radius 2 is 1.86 bits per heavy atom. The number of ether oxygens (including phenoxy) is 3. The SMILES string of the molecule is CC(=O)c1cccc(OC(=O)[C@H]2COc3ccccc3O2)c1. The van der Waals surface area contributed by atoms with E-state index in [1.807, 2.05) is 6.07 Å². The van der Waals surface area contributed by atoms with E-state index >= 15 is 0 Å². The van der Waals surface area contributed by atoms with Gasteiger partial charge in [-0.25, -0.2) is 4.79 Å². The number of ketones is 1. The van der Waals surface area contributed by atoms with Gasteiger partial charge in [0.15, 0.2) is 17.3 Å². The van der Waals surface area contributed by atoms with Crippen molar-refractivity contribution < 1.29 is 23.8 Å². The van der Waals surface area contributed by atoms with Crippen LogP contribution in [0.2, 0.25) is 0 Å². The molecule has 0 radical (unpaired) electrons. The number of hydrogen-bond acceptors (Lipinski definition) is 5. The standard InChI is InChI=1S/C17H14O5/c1-11(18)12-5-4-6-13(9-12)21-17(19)16-10-20-14-7-2-3-8-15(14)22-16/h2-9,16H,10H2,1H3/t16-/m1/s1. The average molecular weight is 298 g/mol. The molecule has 0 fully saturated rings. The number of benzene rings is 2.